The Kier molecular flexibility index (Phi) is 4.16. The molecule has 3 N–H and O–H groups in total. The molecule has 2 aromatic heterocycles. The summed E-state index contributed by atoms with van der Waals surface area (Å²) in [5, 5.41) is 20.6. The SMILES string of the molecule is CCc1ccncc1-c1cc(N)c2nnc(NC(=O)[C@H]3C[C@@H]3C#N)cc2c1. The average molecular weight is 358 g/mol. The van der Waals surface area contributed by atoms with E-state index in [9.17, 15) is 4.79 Å². The number of nitrogens with two attached hydrogens (primary N) is 1. The minimum Gasteiger partial charge on any atom is -0.397 e. The maximum Gasteiger partial charge on any atom is 0.230 e. The number of carbonyl (C=O) groups is 1. The third-order valence-corrected chi connectivity index (χ3v) is 4.87. The van der Waals surface area contributed by atoms with Crippen molar-refractivity contribution in [2.75, 3.05) is 11.1 Å². The Bertz CT molecular complexity index is 1090. The van der Waals surface area contributed by atoms with Crippen molar-refractivity contribution in [2.45, 2.75) is 19.8 Å². The quantitative estimate of drug-likeness (QED) is 0.692. The third kappa shape index (κ3) is 3.17. The van der Waals surface area contributed by atoms with E-state index < -0.39 is 0 Å². The van der Waals surface area contributed by atoms with Gasteiger partial charge in [-0.05, 0) is 48.2 Å². The molecule has 27 heavy (non-hydrogen) atoms. The number of nitrogens with zero attached hydrogens (tertiary/aromatic N) is 4. The van der Waals surface area contributed by atoms with Crippen LogP contribution in [0, 0.1) is 23.2 Å². The van der Waals surface area contributed by atoms with E-state index in [2.05, 4.69) is 33.5 Å². The van der Waals surface area contributed by atoms with Gasteiger partial charge in [-0.15, -0.1) is 10.2 Å². The van der Waals surface area contributed by atoms with E-state index in [1.807, 2.05) is 24.4 Å². The van der Waals surface area contributed by atoms with Crippen LogP contribution < -0.4 is 11.1 Å². The van der Waals surface area contributed by atoms with Crippen molar-refractivity contribution in [2.24, 2.45) is 11.8 Å². The molecule has 1 aliphatic carbocycles. The lowest BCUT2D eigenvalue weighted by molar-refractivity contribution is -0.117. The Morgan fingerprint density at radius 1 is 1.37 bits per heavy atom. The molecular weight excluding hydrogens is 340 g/mol. The number of carbonyl (C=O) groups excluding carboxylic acids is 1. The van der Waals surface area contributed by atoms with Crippen LogP contribution in [0.15, 0.2) is 36.7 Å². The molecule has 0 saturated heterocycles. The first-order valence-corrected chi connectivity index (χ1v) is 8.81. The Balaban J connectivity index is 1.70. The summed E-state index contributed by atoms with van der Waals surface area (Å²) < 4.78 is 0. The molecule has 2 heterocycles. The molecule has 7 nitrogen and oxygen atoms in total. The van der Waals surface area contributed by atoms with Gasteiger partial charge in [0.15, 0.2) is 5.82 Å². The van der Waals surface area contributed by atoms with E-state index in [1.54, 1.807) is 12.3 Å². The summed E-state index contributed by atoms with van der Waals surface area (Å²) in [6.07, 6.45) is 5.08. The molecule has 0 bridgehead atoms. The molecule has 1 fully saturated rings. The topological polar surface area (TPSA) is 118 Å². The van der Waals surface area contributed by atoms with Gasteiger partial charge in [0, 0.05) is 23.3 Å². The smallest absolute Gasteiger partial charge is 0.230 e. The fourth-order valence-corrected chi connectivity index (χ4v) is 3.24. The standard InChI is InChI=1S/C20H18N6O/c1-2-11-3-4-23-10-16(11)12-5-13-8-18(25-26-19(13)17(22)7-12)24-20(27)15-6-14(15)9-21/h3-5,7-8,10,14-15H,2,6,22H2,1H3,(H,24,25,27)/t14-,15+/m1/s1. The molecule has 0 spiro atoms. The molecule has 1 aromatic carbocycles. The molecule has 1 aliphatic rings. The van der Waals surface area contributed by atoms with Gasteiger partial charge in [-0.2, -0.15) is 5.26 Å². The number of rotatable bonds is 4. The number of nitriles is 1. The molecule has 0 unspecified atom stereocenters. The van der Waals surface area contributed by atoms with Crippen LogP contribution in [0.2, 0.25) is 0 Å². The molecule has 2 atom stereocenters. The van der Waals surface area contributed by atoms with Crippen molar-refractivity contribution < 1.29 is 4.79 Å². The Labute approximate surface area is 156 Å². The molecule has 3 aromatic rings. The zero-order chi connectivity index (χ0) is 19.0. The number of amides is 1. The molecule has 1 amide bonds. The Hall–Kier alpha value is -3.53. The summed E-state index contributed by atoms with van der Waals surface area (Å²) >= 11 is 0. The van der Waals surface area contributed by atoms with Gasteiger partial charge in [0.25, 0.3) is 0 Å². The minimum absolute atomic E-state index is 0.195. The summed E-state index contributed by atoms with van der Waals surface area (Å²) in [6.45, 7) is 2.09. The van der Waals surface area contributed by atoms with Crippen molar-refractivity contribution in [1.82, 2.24) is 15.2 Å². The summed E-state index contributed by atoms with van der Waals surface area (Å²) in [5.41, 5.74) is 10.4. The number of hydrogen-bond acceptors (Lipinski definition) is 6. The number of anilines is 2. The van der Waals surface area contributed by atoms with Gasteiger partial charge in [-0.1, -0.05) is 6.92 Å². The lowest BCUT2D eigenvalue weighted by Gasteiger charge is -2.11. The average Bonchev–Trinajstić information content (AvgIpc) is 3.47. The van der Waals surface area contributed by atoms with Crippen molar-refractivity contribution in [1.29, 1.82) is 5.26 Å². The van der Waals surface area contributed by atoms with Gasteiger partial charge in [0.05, 0.1) is 23.6 Å². The highest BCUT2D eigenvalue weighted by molar-refractivity contribution is 5.98. The predicted molar refractivity (Wildman–Crippen MR) is 102 cm³/mol. The van der Waals surface area contributed by atoms with Gasteiger partial charge < -0.3 is 11.1 Å². The summed E-state index contributed by atoms with van der Waals surface area (Å²) in [5.74, 6) is -0.292. The second-order valence-corrected chi connectivity index (χ2v) is 6.69. The normalized spacial score (nSPS) is 18.1. The number of pyridine rings is 1. The van der Waals surface area contributed by atoms with Crippen LogP contribution in [0.3, 0.4) is 0 Å². The highest BCUT2D eigenvalue weighted by atomic mass is 16.2. The van der Waals surface area contributed by atoms with Gasteiger partial charge in [-0.3, -0.25) is 9.78 Å². The Morgan fingerprint density at radius 2 is 2.22 bits per heavy atom. The lowest BCUT2D eigenvalue weighted by atomic mass is 9.98. The van der Waals surface area contributed by atoms with Crippen LogP contribution in [0.25, 0.3) is 22.0 Å². The molecular formula is C20H18N6O. The minimum atomic E-state index is -0.258. The maximum absolute atomic E-state index is 12.2. The van der Waals surface area contributed by atoms with Crippen LogP contribution in [-0.4, -0.2) is 21.1 Å². The number of hydrogen-bond donors (Lipinski definition) is 2. The second kappa shape index (κ2) is 6.65. The van der Waals surface area contributed by atoms with Crippen molar-refractivity contribution >= 4 is 28.3 Å². The van der Waals surface area contributed by atoms with Crippen LogP contribution in [0.5, 0.6) is 0 Å². The van der Waals surface area contributed by atoms with Gasteiger partial charge in [0.1, 0.15) is 5.52 Å². The van der Waals surface area contributed by atoms with Crippen LogP contribution in [-0.2, 0) is 11.2 Å². The highest BCUT2D eigenvalue weighted by Crippen LogP contribution is 2.38. The number of benzene rings is 1. The third-order valence-electron chi connectivity index (χ3n) is 4.87. The first-order chi connectivity index (χ1) is 13.1. The lowest BCUT2D eigenvalue weighted by Crippen LogP contribution is -2.16. The van der Waals surface area contributed by atoms with E-state index in [0.717, 1.165) is 22.9 Å². The van der Waals surface area contributed by atoms with E-state index in [-0.39, 0.29) is 17.7 Å². The fraction of sp³-hybridized carbons (Fsp3) is 0.250. The summed E-state index contributed by atoms with van der Waals surface area (Å²) in [4.78, 5) is 16.4. The molecule has 0 radical (unpaired) electrons. The summed E-state index contributed by atoms with van der Waals surface area (Å²) in [6, 6.07) is 9.70. The number of aryl methyl sites for hydroxylation is 1. The van der Waals surface area contributed by atoms with Crippen molar-refractivity contribution in [3.8, 4) is 17.2 Å². The molecule has 4 rings (SSSR count). The van der Waals surface area contributed by atoms with Gasteiger partial charge >= 0.3 is 0 Å². The van der Waals surface area contributed by atoms with Crippen LogP contribution >= 0.6 is 0 Å². The molecule has 134 valence electrons. The zero-order valence-electron chi connectivity index (χ0n) is 14.8. The monoisotopic (exact) mass is 358 g/mol. The first kappa shape index (κ1) is 16.9. The van der Waals surface area contributed by atoms with Crippen LogP contribution in [0.1, 0.15) is 18.9 Å². The number of nitrogens with one attached hydrogen (secondary N) is 1. The van der Waals surface area contributed by atoms with Crippen molar-refractivity contribution in [3.63, 3.8) is 0 Å². The highest BCUT2D eigenvalue weighted by Gasteiger charge is 2.43. The van der Waals surface area contributed by atoms with Gasteiger partial charge in [0.2, 0.25) is 5.91 Å². The van der Waals surface area contributed by atoms with Gasteiger partial charge in [-0.25, -0.2) is 0 Å². The number of fused-ring (bicyclic) bond motifs is 1. The predicted octanol–water partition coefficient (Wildman–Crippen LogP) is 2.93. The fourth-order valence-electron chi connectivity index (χ4n) is 3.24. The van der Waals surface area contributed by atoms with E-state index in [0.29, 0.717) is 23.4 Å². The number of aromatic nitrogens is 3. The summed E-state index contributed by atoms with van der Waals surface area (Å²) in [7, 11) is 0. The van der Waals surface area contributed by atoms with Crippen LogP contribution in [0.4, 0.5) is 11.5 Å². The zero-order valence-corrected chi connectivity index (χ0v) is 14.8. The second-order valence-electron chi connectivity index (χ2n) is 6.69. The molecule has 0 aliphatic heterocycles. The molecule has 7 heteroatoms. The van der Waals surface area contributed by atoms with E-state index in [1.165, 1.54) is 5.56 Å². The Morgan fingerprint density at radius 3 is 2.96 bits per heavy atom. The largest absolute Gasteiger partial charge is 0.397 e. The maximum atomic E-state index is 12.2. The first-order valence-electron chi connectivity index (χ1n) is 8.81. The number of nitrogen functional groups attached to an aromatic ring is 1. The van der Waals surface area contributed by atoms with E-state index >= 15 is 0 Å². The molecule has 1 saturated carbocycles. The van der Waals surface area contributed by atoms with Crippen molar-refractivity contribution in [3.05, 3.63) is 42.2 Å². The van der Waals surface area contributed by atoms with E-state index in [4.69, 9.17) is 11.0 Å².